The zero-order chi connectivity index (χ0) is 17.4. The number of nitrogens with zero attached hydrogens (tertiary/aromatic N) is 1. The van der Waals surface area contributed by atoms with Crippen LogP contribution in [0.25, 0.3) is 0 Å². The Morgan fingerprint density at radius 1 is 0.920 bits per heavy atom. The molecule has 1 aliphatic carbocycles. The molecule has 2 atom stereocenters. The first-order valence-electron chi connectivity index (χ1n) is 8.96. The summed E-state index contributed by atoms with van der Waals surface area (Å²) in [7, 11) is 0. The number of piperidine rings is 1. The van der Waals surface area contributed by atoms with Crippen molar-refractivity contribution >= 4 is 0 Å². The summed E-state index contributed by atoms with van der Waals surface area (Å²) in [6.07, 6.45) is 0.171. The summed E-state index contributed by atoms with van der Waals surface area (Å²) in [5.74, 6) is 0.600. The Morgan fingerprint density at radius 3 is 2.44 bits per heavy atom. The summed E-state index contributed by atoms with van der Waals surface area (Å²) in [5.41, 5.74) is 3.07. The second-order valence-electron chi connectivity index (χ2n) is 7.40. The van der Waals surface area contributed by atoms with E-state index < -0.39 is 11.7 Å². The number of halogens is 3. The van der Waals surface area contributed by atoms with Gasteiger partial charge >= 0.3 is 6.18 Å². The lowest BCUT2D eigenvalue weighted by atomic mass is 9.80. The van der Waals surface area contributed by atoms with E-state index in [4.69, 9.17) is 0 Å². The molecule has 3 aliphatic rings. The van der Waals surface area contributed by atoms with E-state index in [1.807, 2.05) is 6.07 Å². The standard InChI is InChI=1S/C21H22F3N/c22-21(23,24)19-7-3-4-15(11-19)13-25-14-16-8-9-20(25)12-18-6-2-1-5-17(18)10-16/h1-7,11,16,20H,8-10,12-14H2/t16-,20+/m0/s1. The Bertz CT molecular complexity index is 753. The molecule has 0 radical (unpaired) electrons. The average Bonchev–Trinajstić information content (AvgIpc) is 2.55. The number of benzene rings is 2. The third-order valence-electron chi connectivity index (χ3n) is 5.64. The molecule has 0 N–H and O–H groups in total. The van der Waals surface area contributed by atoms with Crippen LogP contribution in [0.3, 0.4) is 0 Å². The van der Waals surface area contributed by atoms with Crippen LogP contribution in [0.2, 0.25) is 0 Å². The van der Waals surface area contributed by atoms with E-state index in [-0.39, 0.29) is 0 Å². The second kappa shape index (κ2) is 6.49. The van der Waals surface area contributed by atoms with Crippen LogP contribution in [-0.4, -0.2) is 17.5 Å². The second-order valence-corrected chi connectivity index (χ2v) is 7.40. The predicted molar refractivity (Wildman–Crippen MR) is 92.2 cm³/mol. The van der Waals surface area contributed by atoms with Crippen LogP contribution in [0, 0.1) is 5.92 Å². The average molecular weight is 345 g/mol. The quantitative estimate of drug-likeness (QED) is 0.733. The molecular weight excluding hydrogens is 323 g/mol. The number of rotatable bonds is 2. The number of alkyl halides is 3. The molecule has 5 rings (SSSR count). The van der Waals surface area contributed by atoms with E-state index >= 15 is 0 Å². The molecule has 2 aromatic carbocycles. The van der Waals surface area contributed by atoms with Crippen LogP contribution >= 0.6 is 0 Å². The van der Waals surface area contributed by atoms with Gasteiger partial charge in [-0.05, 0) is 54.4 Å². The summed E-state index contributed by atoms with van der Waals surface area (Å²) in [6, 6.07) is 14.9. The van der Waals surface area contributed by atoms with Gasteiger partial charge in [-0.25, -0.2) is 0 Å². The Labute approximate surface area is 146 Å². The van der Waals surface area contributed by atoms with Crippen molar-refractivity contribution in [3.05, 3.63) is 70.8 Å². The van der Waals surface area contributed by atoms with Gasteiger partial charge in [-0.2, -0.15) is 13.2 Å². The van der Waals surface area contributed by atoms with Gasteiger partial charge in [0.15, 0.2) is 0 Å². The van der Waals surface area contributed by atoms with Gasteiger partial charge in [0.2, 0.25) is 0 Å². The normalized spacial score (nSPS) is 23.8. The number of fused-ring (bicyclic) bond motifs is 2. The molecule has 0 amide bonds. The van der Waals surface area contributed by atoms with Crippen molar-refractivity contribution in [1.29, 1.82) is 0 Å². The molecule has 4 heteroatoms. The minimum absolute atomic E-state index is 0.423. The maximum absolute atomic E-state index is 13.0. The fourth-order valence-electron chi connectivity index (χ4n) is 4.38. The highest BCUT2D eigenvalue weighted by atomic mass is 19.4. The summed E-state index contributed by atoms with van der Waals surface area (Å²) in [4.78, 5) is 2.40. The molecule has 2 heterocycles. The maximum atomic E-state index is 13.0. The van der Waals surface area contributed by atoms with Gasteiger partial charge in [0.1, 0.15) is 0 Å². The van der Waals surface area contributed by atoms with Crippen molar-refractivity contribution in [2.24, 2.45) is 5.92 Å². The predicted octanol–water partition coefficient (Wildman–Crippen LogP) is 5.08. The summed E-state index contributed by atoms with van der Waals surface area (Å²) in [5, 5.41) is 0. The van der Waals surface area contributed by atoms with Crippen molar-refractivity contribution in [1.82, 2.24) is 4.90 Å². The van der Waals surface area contributed by atoms with Crippen LogP contribution < -0.4 is 0 Å². The van der Waals surface area contributed by atoms with Crippen molar-refractivity contribution < 1.29 is 13.2 Å². The smallest absolute Gasteiger partial charge is 0.296 e. The Kier molecular flexibility index (Phi) is 4.32. The van der Waals surface area contributed by atoms with Crippen LogP contribution in [0.4, 0.5) is 13.2 Å². The topological polar surface area (TPSA) is 3.24 Å². The highest BCUT2D eigenvalue weighted by Crippen LogP contribution is 2.34. The maximum Gasteiger partial charge on any atom is 0.416 e. The molecule has 0 saturated carbocycles. The SMILES string of the molecule is FC(F)(F)c1cccc(CN2C[C@H]3CC[C@@H]2Cc2ccccc2C3)c1. The van der Waals surface area contributed by atoms with Crippen molar-refractivity contribution in [3.63, 3.8) is 0 Å². The zero-order valence-electron chi connectivity index (χ0n) is 14.1. The first-order valence-corrected chi connectivity index (χ1v) is 8.96. The van der Waals surface area contributed by atoms with Gasteiger partial charge in [-0.1, -0.05) is 42.5 Å². The summed E-state index contributed by atoms with van der Waals surface area (Å²) >= 11 is 0. The number of hydrogen-bond acceptors (Lipinski definition) is 1. The van der Waals surface area contributed by atoms with Crippen molar-refractivity contribution in [3.8, 4) is 0 Å². The number of hydrogen-bond donors (Lipinski definition) is 0. The highest BCUT2D eigenvalue weighted by molar-refractivity contribution is 5.30. The van der Waals surface area contributed by atoms with E-state index in [0.717, 1.165) is 37.4 Å². The Hall–Kier alpha value is -1.81. The molecule has 0 aromatic heterocycles. The molecule has 1 saturated heterocycles. The molecule has 2 bridgehead atoms. The molecule has 2 aromatic rings. The third-order valence-corrected chi connectivity index (χ3v) is 5.64. The van der Waals surface area contributed by atoms with Crippen molar-refractivity contribution in [2.45, 2.75) is 44.4 Å². The van der Waals surface area contributed by atoms with Crippen LogP contribution in [-0.2, 0) is 25.6 Å². The molecule has 132 valence electrons. The van der Waals surface area contributed by atoms with Gasteiger partial charge < -0.3 is 0 Å². The zero-order valence-corrected chi connectivity index (χ0v) is 14.1. The van der Waals surface area contributed by atoms with E-state index in [9.17, 15) is 13.2 Å². The fraction of sp³-hybridized carbons (Fsp3) is 0.429. The third kappa shape index (κ3) is 3.59. The first kappa shape index (κ1) is 16.6. The van der Waals surface area contributed by atoms with Gasteiger partial charge in [-0.3, -0.25) is 4.90 Å². The summed E-state index contributed by atoms with van der Waals surface area (Å²) in [6.45, 7) is 1.59. The lowest BCUT2D eigenvalue weighted by Crippen LogP contribution is -2.46. The minimum Gasteiger partial charge on any atom is -0.296 e. The van der Waals surface area contributed by atoms with Gasteiger partial charge in [0.25, 0.3) is 0 Å². The van der Waals surface area contributed by atoms with Gasteiger partial charge in [0, 0.05) is 19.1 Å². The van der Waals surface area contributed by atoms with Crippen LogP contribution in [0.15, 0.2) is 48.5 Å². The van der Waals surface area contributed by atoms with E-state index in [1.54, 1.807) is 0 Å². The van der Waals surface area contributed by atoms with Crippen LogP contribution in [0.1, 0.15) is 35.1 Å². The summed E-state index contributed by atoms with van der Waals surface area (Å²) < 4.78 is 38.9. The molecule has 2 aliphatic heterocycles. The molecule has 1 nitrogen and oxygen atoms in total. The monoisotopic (exact) mass is 345 g/mol. The lowest BCUT2D eigenvalue weighted by Gasteiger charge is -2.42. The van der Waals surface area contributed by atoms with Crippen LogP contribution in [0.5, 0.6) is 0 Å². The van der Waals surface area contributed by atoms with Gasteiger partial charge in [-0.15, -0.1) is 0 Å². The molecule has 0 spiro atoms. The first-order chi connectivity index (χ1) is 12.0. The Balaban J connectivity index is 1.56. The van der Waals surface area contributed by atoms with Gasteiger partial charge in [0.05, 0.1) is 5.56 Å². The lowest BCUT2D eigenvalue weighted by molar-refractivity contribution is -0.137. The minimum atomic E-state index is -4.27. The molecule has 1 fully saturated rings. The highest BCUT2D eigenvalue weighted by Gasteiger charge is 2.33. The Morgan fingerprint density at radius 2 is 1.68 bits per heavy atom. The van der Waals surface area contributed by atoms with E-state index in [2.05, 4.69) is 29.2 Å². The molecular formula is C21H22F3N. The van der Waals surface area contributed by atoms with E-state index in [0.29, 0.717) is 18.5 Å². The fourth-order valence-corrected chi connectivity index (χ4v) is 4.38. The molecule has 0 unspecified atom stereocenters. The molecule has 25 heavy (non-hydrogen) atoms. The van der Waals surface area contributed by atoms with Crippen molar-refractivity contribution in [2.75, 3.05) is 6.54 Å². The largest absolute Gasteiger partial charge is 0.416 e. The van der Waals surface area contributed by atoms with E-state index in [1.165, 1.54) is 29.7 Å².